The average Bonchev–Trinajstić information content (AvgIpc) is 3.18. The molecule has 132 valence electrons. The number of hydrogen-bond acceptors (Lipinski definition) is 3. The number of hydrogen-bond donors (Lipinski definition) is 0. The van der Waals surface area contributed by atoms with Crippen LogP contribution in [0.3, 0.4) is 0 Å². The lowest BCUT2D eigenvalue weighted by Gasteiger charge is -2.26. The fourth-order valence-electron chi connectivity index (χ4n) is 3.45. The summed E-state index contributed by atoms with van der Waals surface area (Å²) in [5.41, 5.74) is 3.31. The fourth-order valence-corrected chi connectivity index (χ4v) is 3.45. The number of ether oxygens (including phenoxy) is 1. The predicted octanol–water partition coefficient (Wildman–Crippen LogP) is 3.63. The first-order chi connectivity index (χ1) is 12.2. The van der Waals surface area contributed by atoms with Crippen molar-refractivity contribution in [1.82, 2.24) is 4.90 Å². The van der Waals surface area contributed by atoms with Crippen molar-refractivity contribution in [2.45, 2.75) is 25.5 Å². The van der Waals surface area contributed by atoms with Crippen LogP contribution in [-0.2, 0) is 16.1 Å². The Balaban J connectivity index is 1.75. The van der Waals surface area contributed by atoms with Crippen molar-refractivity contribution in [3.05, 3.63) is 65.7 Å². The summed E-state index contributed by atoms with van der Waals surface area (Å²) in [6.07, 6.45) is 1.91. The third kappa shape index (κ3) is 4.02. The van der Waals surface area contributed by atoms with E-state index >= 15 is 0 Å². The summed E-state index contributed by atoms with van der Waals surface area (Å²) in [6.45, 7) is 2.77. The Kier molecular flexibility index (Phi) is 5.71. The monoisotopic (exact) mass is 338 g/mol. The Morgan fingerprint density at radius 1 is 1.08 bits per heavy atom. The minimum Gasteiger partial charge on any atom is -0.371 e. The van der Waals surface area contributed by atoms with Crippen LogP contribution < -0.4 is 4.90 Å². The fraction of sp³-hybridized carbons (Fsp3) is 0.381. The van der Waals surface area contributed by atoms with Gasteiger partial charge < -0.3 is 14.5 Å². The zero-order valence-electron chi connectivity index (χ0n) is 15.0. The van der Waals surface area contributed by atoms with Crippen LogP contribution >= 0.6 is 0 Å². The number of rotatable bonds is 6. The standard InChI is InChI=1S/C21H26N2O2/c1-22(21(24)20(25-2)17-10-4-3-5-11-17)16-18-12-6-7-13-19(18)23-14-8-9-15-23/h3-7,10-13,20H,8-9,14-16H2,1-2H3/t20-/m1/s1. The lowest BCUT2D eigenvalue weighted by Crippen LogP contribution is -2.33. The lowest BCUT2D eigenvalue weighted by molar-refractivity contribution is -0.141. The highest BCUT2D eigenvalue weighted by atomic mass is 16.5. The largest absolute Gasteiger partial charge is 0.371 e. The summed E-state index contributed by atoms with van der Waals surface area (Å²) in [4.78, 5) is 17.1. The van der Waals surface area contributed by atoms with Crippen LogP contribution in [0.25, 0.3) is 0 Å². The van der Waals surface area contributed by atoms with E-state index in [1.165, 1.54) is 24.1 Å². The van der Waals surface area contributed by atoms with Crippen molar-refractivity contribution in [3.63, 3.8) is 0 Å². The molecule has 4 heteroatoms. The van der Waals surface area contributed by atoms with Gasteiger partial charge >= 0.3 is 0 Å². The molecule has 2 aromatic carbocycles. The van der Waals surface area contributed by atoms with Crippen molar-refractivity contribution in [2.75, 3.05) is 32.1 Å². The number of benzene rings is 2. The van der Waals surface area contributed by atoms with Crippen molar-refractivity contribution < 1.29 is 9.53 Å². The molecule has 25 heavy (non-hydrogen) atoms. The number of nitrogens with zero attached hydrogens (tertiary/aromatic N) is 2. The molecule has 1 atom stereocenters. The quantitative estimate of drug-likeness (QED) is 0.806. The van der Waals surface area contributed by atoms with Crippen LogP contribution in [0.4, 0.5) is 5.69 Å². The first-order valence-electron chi connectivity index (χ1n) is 8.86. The van der Waals surface area contributed by atoms with Gasteiger partial charge in [0.25, 0.3) is 5.91 Å². The van der Waals surface area contributed by atoms with Gasteiger partial charge in [0.1, 0.15) is 0 Å². The van der Waals surface area contributed by atoms with Crippen LogP contribution in [0.2, 0.25) is 0 Å². The molecule has 2 aromatic rings. The molecule has 4 nitrogen and oxygen atoms in total. The Labute approximate surface area is 150 Å². The zero-order chi connectivity index (χ0) is 17.6. The number of anilines is 1. The van der Waals surface area contributed by atoms with Crippen molar-refractivity contribution in [1.29, 1.82) is 0 Å². The van der Waals surface area contributed by atoms with Gasteiger partial charge in [-0.05, 0) is 30.0 Å². The van der Waals surface area contributed by atoms with E-state index in [1.807, 2.05) is 43.4 Å². The maximum atomic E-state index is 12.9. The van der Waals surface area contributed by atoms with Gasteiger partial charge in [0.2, 0.25) is 0 Å². The van der Waals surface area contributed by atoms with Crippen molar-refractivity contribution in [3.8, 4) is 0 Å². The number of carbonyl (C=O) groups is 1. The van der Waals surface area contributed by atoms with Crippen LogP contribution in [0.15, 0.2) is 54.6 Å². The van der Waals surface area contributed by atoms with E-state index in [9.17, 15) is 4.79 Å². The van der Waals surface area contributed by atoms with E-state index < -0.39 is 6.10 Å². The van der Waals surface area contributed by atoms with Gasteiger partial charge in [-0.1, -0.05) is 48.5 Å². The molecule has 0 N–H and O–H groups in total. The molecule has 1 fully saturated rings. The number of para-hydroxylation sites is 1. The molecule has 0 aromatic heterocycles. The maximum Gasteiger partial charge on any atom is 0.256 e. The third-order valence-electron chi connectivity index (χ3n) is 4.78. The van der Waals surface area contributed by atoms with Crippen LogP contribution in [0.1, 0.15) is 30.1 Å². The van der Waals surface area contributed by atoms with Crippen molar-refractivity contribution >= 4 is 11.6 Å². The van der Waals surface area contributed by atoms with Crippen LogP contribution in [0, 0.1) is 0 Å². The molecule has 0 unspecified atom stereocenters. The maximum absolute atomic E-state index is 12.9. The molecule has 3 rings (SSSR count). The highest BCUT2D eigenvalue weighted by molar-refractivity contribution is 5.82. The summed E-state index contributed by atoms with van der Waals surface area (Å²) < 4.78 is 5.49. The zero-order valence-corrected chi connectivity index (χ0v) is 15.0. The molecular formula is C21H26N2O2. The van der Waals surface area contributed by atoms with Crippen LogP contribution in [-0.4, -0.2) is 38.1 Å². The minimum absolute atomic E-state index is 0.0232. The molecule has 0 radical (unpaired) electrons. The summed E-state index contributed by atoms with van der Waals surface area (Å²) in [7, 11) is 3.43. The third-order valence-corrected chi connectivity index (χ3v) is 4.78. The highest BCUT2D eigenvalue weighted by Crippen LogP contribution is 2.26. The molecule has 1 aliphatic heterocycles. The van der Waals surface area contributed by atoms with Gasteiger partial charge in [-0.2, -0.15) is 0 Å². The number of likely N-dealkylation sites (N-methyl/N-ethyl adjacent to an activating group) is 1. The second kappa shape index (κ2) is 8.17. The predicted molar refractivity (Wildman–Crippen MR) is 101 cm³/mol. The van der Waals surface area contributed by atoms with E-state index in [0.717, 1.165) is 18.7 Å². The lowest BCUT2D eigenvalue weighted by atomic mass is 10.1. The van der Waals surface area contributed by atoms with Gasteiger partial charge in [0.15, 0.2) is 6.10 Å². The molecule has 1 saturated heterocycles. The van der Waals surface area contributed by atoms with Crippen LogP contribution in [0.5, 0.6) is 0 Å². The van der Waals surface area contributed by atoms with Crippen molar-refractivity contribution in [2.24, 2.45) is 0 Å². The Hall–Kier alpha value is -2.33. The average molecular weight is 338 g/mol. The Morgan fingerprint density at radius 2 is 1.72 bits per heavy atom. The number of amides is 1. The van der Waals surface area contributed by atoms with Gasteiger partial charge in [-0.25, -0.2) is 0 Å². The molecular weight excluding hydrogens is 312 g/mol. The molecule has 0 spiro atoms. The molecule has 1 aliphatic rings. The summed E-state index contributed by atoms with van der Waals surface area (Å²) in [6, 6.07) is 18.0. The highest BCUT2D eigenvalue weighted by Gasteiger charge is 2.24. The van der Waals surface area contributed by atoms with E-state index in [1.54, 1.807) is 12.0 Å². The number of carbonyl (C=O) groups excluding carboxylic acids is 1. The normalized spacial score (nSPS) is 15.2. The van der Waals surface area contributed by atoms with Gasteiger partial charge in [0, 0.05) is 39.5 Å². The van der Waals surface area contributed by atoms with Gasteiger partial charge in [0.05, 0.1) is 0 Å². The van der Waals surface area contributed by atoms with Gasteiger partial charge in [-0.3, -0.25) is 4.79 Å². The molecule has 1 heterocycles. The smallest absolute Gasteiger partial charge is 0.256 e. The Morgan fingerprint density at radius 3 is 2.40 bits per heavy atom. The SMILES string of the molecule is CO[C@@H](C(=O)N(C)Cc1ccccc1N1CCCC1)c1ccccc1. The molecule has 1 amide bonds. The van der Waals surface area contributed by atoms with Gasteiger partial charge in [-0.15, -0.1) is 0 Å². The summed E-state index contributed by atoms with van der Waals surface area (Å²) >= 11 is 0. The second-order valence-corrected chi connectivity index (χ2v) is 6.54. The topological polar surface area (TPSA) is 32.8 Å². The van der Waals surface area contributed by atoms with E-state index in [0.29, 0.717) is 6.54 Å². The first-order valence-corrected chi connectivity index (χ1v) is 8.86. The van der Waals surface area contributed by atoms with E-state index in [4.69, 9.17) is 4.74 Å². The summed E-state index contributed by atoms with van der Waals surface area (Å²) in [5.74, 6) is -0.0232. The molecule has 0 saturated carbocycles. The second-order valence-electron chi connectivity index (χ2n) is 6.54. The first kappa shape index (κ1) is 17.5. The minimum atomic E-state index is -0.565. The van der Waals surface area contributed by atoms with E-state index in [-0.39, 0.29) is 5.91 Å². The molecule has 0 bridgehead atoms. The van der Waals surface area contributed by atoms with E-state index in [2.05, 4.69) is 23.1 Å². The number of methoxy groups -OCH3 is 1. The summed E-state index contributed by atoms with van der Waals surface area (Å²) in [5, 5.41) is 0. The Bertz CT molecular complexity index is 696. The molecule has 0 aliphatic carbocycles.